The van der Waals surface area contributed by atoms with Crippen LogP contribution in [-0.2, 0) is 25.7 Å². The quantitative estimate of drug-likeness (QED) is 0.225. The van der Waals surface area contributed by atoms with Crippen LogP contribution in [0.3, 0.4) is 0 Å². The van der Waals surface area contributed by atoms with Gasteiger partial charge >= 0.3 is 0 Å². The van der Waals surface area contributed by atoms with Gasteiger partial charge in [-0.2, -0.15) is 8.75 Å². The molecule has 3 aromatic heterocycles. The molecule has 1 aliphatic rings. The predicted molar refractivity (Wildman–Crippen MR) is 135 cm³/mol. The first-order chi connectivity index (χ1) is 13.5. The minimum absolute atomic E-state index is 1.04. The summed E-state index contributed by atoms with van der Waals surface area (Å²) < 4.78 is 11.9. The molecule has 0 amide bonds. The second kappa shape index (κ2) is 8.55. The summed E-state index contributed by atoms with van der Waals surface area (Å²) in [4.78, 5) is 5.30. The second-order valence-corrected chi connectivity index (χ2v) is 12.7. The van der Waals surface area contributed by atoms with E-state index in [-0.39, 0.29) is 0 Å². The number of hydrogen-bond acceptors (Lipinski definition) is 5. The third-order valence-corrected chi connectivity index (χ3v) is 11.2. The molecule has 8 heteroatoms. The maximum atomic E-state index is 4.71. The Balaban J connectivity index is 1.99. The van der Waals surface area contributed by atoms with Crippen LogP contribution in [0.25, 0.3) is 0 Å². The standard InChI is InChI=1S/C20H20Br2N2S4/c1-5-9-11(7-3)19(21)26-15(9)17-13-14(24-28-23-13)18(25-17)16-10(6-2)12(8-4)20(22)27-16/h5-8H2,1-4H3. The van der Waals surface area contributed by atoms with Crippen LogP contribution in [0.2, 0.25) is 0 Å². The fourth-order valence-electron chi connectivity index (χ4n) is 3.75. The van der Waals surface area contributed by atoms with Gasteiger partial charge in [-0.1, -0.05) is 27.7 Å². The molecule has 0 atom stereocenters. The summed E-state index contributed by atoms with van der Waals surface area (Å²) in [5.41, 5.74) is 7.94. The first-order valence-corrected chi connectivity index (χ1v) is 14.2. The van der Waals surface area contributed by atoms with E-state index in [1.165, 1.54) is 61.0 Å². The highest BCUT2D eigenvalue weighted by molar-refractivity contribution is 9.11. The van der Waals surface area contributed by atoms with Crippen LogP contribution >= 0.6 is 77.2 Å². The zero-order valence-electron chi connectivity index (χ0n) is 16.1. The number of halogens is 2. The molecule has 0 spiro atoms. The van der Waals surface area contributed by atoms with Gasteiger partial charge in [-0.05, 0) is 79.8 Å². The highest BCUT2D eigenvalue weighted by atomic mass is 79.9. The number of aromatic nitrogens is 2. The van der Waals surface area contributed by atoms with Crippen LogP contribution in [0.15, 0.2) is 7.57 Å². The van der Waals surface area contributed by atoms with Crippen molar-refractivity contribution in [2.45, 2.75) is 53.4 Å². The normalized spacial score (nSPS) is 13.4. The van der Waals surface area contributed by atoms with E-state index in [0.717, 1.165) is 37.1 Å². The Morgan fingerprint density at radius 1 is 0.643 bits per heavy atom. The van der Waals surface area contributed by atoms with Gasteiger partial charge in [0, 0.05) is 0 Å². The lowest BCUT2D eigenvalue weighted by atomic mass is 10.0. The van der Waals surface area contributed by atoms with Gasteiger partial charge in [0.25, 0.3) is 0 Å². The minimum atomic E-state index is 1.04. The molecule has 0 radical (unpaired) electrons. The lowest BCUT2D eigenvalue weighted by molar-refractivity contribution is 1.05. The average Bonchev–Trinajstić information content (AvgIpc) is 3.42. The van der Waals surface area contributed by atoms with Crippen molar-refractivity contribution in [1.82, 2.24) is 8.75 Å². The maximum Gasteiger partial charge on any atom is 0.124 e. The molecule has 0 aliphatic carbocycles. The van der Waals surface area contributed by atoms with Crippen LogP contribution in [0, 0.1) is 0 Å². The topological polar surface area (TPSA) is 25.8 Å². The summed E-state index contributed by atoms with van der Waals surface area (Å²) in [5, 5.41) is 0. The largest absolute Gasteiger partial charge is 0.171 e. The summed E-state index contributed by atoms with van der Waals surface area (Å²) in [5.74, 6) is 0. The number of thiophene rings is 2. The highest BCUT2D eigenvalue weighted by Gasteiger charge is 2.31. The Hall–Kier alpha value is -0.120. The Kier molecular flexibility index (Phi) is 6.45. The molecule has 0 bridgehead atoms. The van der Waals surface area contributed by atoms with E-state index in [2.05, 4.69) is 59.6 Å². The molecule has 3 aromatic rings. The molecule has 4 heterocycles. The molecular weight excluding hydrogens is 556 g/mol. The van der Waals surface area contributed by atoms with Crippen molar-refractivity contribution in [3.8, 4) is 0 Å². The van der Waals surface area contributed by atoms with Crippen LogP contribution in [0.4, 0.5) is 0 Å². The van der Waals surface area contributed by atoms with Crippen molar-refractivity contribution >= 4 is 86.9 Å². The summed E-state index contributed by atoms with van der Waals surface area (Å²) in [6.07, 6.45) is 4.18. The molecule has 28 heavy (non-hydrogen) atoms. The van der Waals surface area contributed by atoms with Gasteiger partial charge in [-0.15, -0.1) is 33.6 Å². The van der Waals surface area contributed by atoms with Crippen LogP contribution in [0.1, 0.15) is 71.1 Å². The van der Waals surface area contributed by atoms with Crippen molar-refractivity contribution in [2.75, 3.05) is 0 Å². The Morgan fingerprint density at radius 2 is 1.04 bits per heavy atom. The highest BCUT2D eigenvalue weighted by Crippen LogP contribution is 2.41. The SMILES string of the molecule is CCc1c(Br)sc(C2=S=C(c3sc(Br)c(CC)c3CC)c3nsnc32)c1CC. The average molecular weight is 576 g/mol. The summed E-state index contributed by atoms with van der Waals surface area (Å²) in [7, 11) is 1.87. The van der Waals surface area contributed by atoms with E-state index < -0.39 is 0 Å². The molecule has 2 nitrogen and oxygen atoms in total. The fourth-order valence-corrected chi connectivity index (χ4v) is 10.3. The van der Waals surface area contributed by atoms with Gasteiger partial charge < -0.3 is 0 Å². The number of rotatable bonds is 6. The second-order valence-electron chi connectivity index (χ2n) is 6.46. The number of nitrogens with zero attached hydrogens (tertiary/aromatic N) is 2. The molecule has 1 aliphatic heterocycles. The predicted octanol–water partition coefficient (Wildman–Crippen LogP) is 7.32. The molecule has 0 saturated heterocycles. The molecule has 0 unspecified atom stereocenters. The Morgan fingerprint density at radius 3 is 1.39 bits per heavy atom. The minimum Gasteiger partial charge on any atom is -0.171 e. The van der Waals surface area contributed by atoms with Gasteiger partial charge in [-0.3, -0.25) is 0 Å². The van der Waals surface area contributed by atoms with E-state index >= 15 is 0 Å². The molecule has 148 valence electrons. The van der Waals surface area contributed by atoms with Crippen molar-refractivity contribution in [3.63, 3.8) is 0 Å². The van der Waals surface area contributed by atoms with Gasteiger partial charge in [0.2, 0.25) is 0 Å². The van der Waals surface area contributed by atoms with Crippen LogP contribution in [-0.4, -0.2) is 18.5 Å². The van der Waals surface area contributed by atoms with Crippen molar-refractivity contribution in [2.24, 2.45) is 0 Å². The van der Waals surface area contributed by atoms with E-state index in [1.807, 2.05) is 33.6 Å². The molecule has 0 N–H and O–H groups in total. The molecule has 0 aromatic carbocycles. The molecule has 0 saturated carbocycles. The molecule has 0 fully saturated rings. The Bertz CT molecular complexity index is 1050. The Labute approximate surface area is 198 Å². The zero-order chi connectivity index (χ0) is 20.0. The molecular formula is C20H20Br2N2S4. The van der Waals surface area contributed by atoms with Gasteiger partial charge in [-0.25, -0.2) is 0 Å². The summed E-state index contributed by atoms with van der Waals surface area (Å²) in [6.45, 7) is 8.97. The first-order valence-electron chi connectivity index (χ1n) is 9.41. The van der Waals surface area contributed by atoms with Gasteiger partial charge in [0.15, 0.2) is 0 Å². The summed E-state index contributed by atoms with van der Waals surface area (Å²) in [6, 6.07) is 0. The smallest absolute Gasteiger partial charge is 0.124 e. The van der Waals surface area contributed by atoms with E-state index in [4.69, 9.17) is 8.75 Å². The van der Waals surface area contributed by atoms with E-state index in [9.17, 15) is 0 Å². The van der Waals surface area contributed by atoms with E-state index in [1.54, 1.807) is 0 Å². The van der Waals surface area contributed by atoms with Crippen LogP contribution < -0.4 is 0 Å². The van der Waals surface area contributed by atoms with Crippen molar-refractivity contribution in [1.29, 1.82) is 0 Å². The first kappa shape index (κ1) is 21.1. The monoisotopic (exact) mass is 574 g/mol. The lowest BCUT2D eigenvalue weighted by Crippen LogP contribution is -2.05. The van der Waals surface area contributed by atoms with Crippen molar-refractivity contribution in [3.05, 3.63) is 51.0 Å². The van der Waals surface area contributed by atoms with Gasteiger partial charge in [0.1, 0.15) is 11.4 Å². The van der Waals surface area contributed by atoms with Crippen molar-refractivity contribution < 1.29 is 0 Å². The maximum absolute atomic E-state index is 4.71. The van der Waals surface area contributed by atoms with Crippen LogP contribution in [0.5, 0.6) is 0 Å². The third-order valence-electron chi connectivity index (χ3n) is 5.08. The third kappa shape index (κ3) is 3.28. The summed E-state index contributed by atoms with van der Waals surface area (Å²) >= 11 is 12.6. The fraction of sp³-hybridized carbons (Fsp3) is 0.400. The molecule has 4 rings (SSSR count). The van der Waals surface area contributed by atoms with E-state index in [0.29, 0.717) is 0 Å². The zero-order valence-corrected chi connectivity index (χ0v) is 22.5. The lowest BCUT2D eigenvalue weighted by Gasteiger charge is -2.03. The van der Waals surface area contributed by atoms with Gasteiger partial charge in [0.05, 0.1) is 38.8 Å². The number of fused-ring (bicyclic) bond motifs is 1. The number of hydrogen-bond donors (Lipinski definition) is 0.